The molecule has 0 heterocycles. The van der Waals surface area contributed by atoms with Gasteiger partial charge in [-0.2, -0.15) is 22.2 Å². The van der Waals surface area contributed by atoms with Gasteiger partial charge in [-0.05, 0) is 44.4 Å². The van der Waals surface area contributed by atoms with Crippen molar-refractivity contribution in [2.24, 2.45) is 0 Å². The van der Waals surface area contributed by atoms with Gasteiger partial charge in [0.1, 0.15) is 0 Å². The second kappa shape index (κ2) is 11.6. The molecule has 0 unspecified atom stereocenters. The third-order valence-corrected chi connectivity index (χ3v) is 15.5. The average molecular weight is 530 g/mol. The van der Waals surface area contributed by atoms with Crippen molar-refractivity contribution >= 4 is 47.3 Å². The van der Waals surface area contributed by atoms with E-state index in [-0.39, 0.29) is 10.5 Å². The fourth-order valence-corrected chi connectivity index (χ4v) is 9.27. The van der Waals surface area contributed by atoms with Gasteiger partial charge >= 0.3 is 0 Å². The van der Waals surface area contributed by atoms with E-state index in [1.807, 2.05) is 12.1 Å². The molecule has 184 valence electrons. The molecule has 0 radical (unpaired) electrons. The molecule has 0 saturated carbocycles. The normalized spacial score (nSPS) is 12.6. The van der Waals surface area contributed by atoms with Gasteiger partial charge in [-0.1, -0.05) is 140 Å². The quantitative estimate of drug-likeness (QED) is 0.229. The molecular weight excluding hydrogens is 487 g/mol. The van der Waals surface area contributed by atoms with Gasteiger partial charge in [-0.15, -0.1) is 0 Å². The predicted octanol–water partition coefficient (Wildman–Crippen LogP) is 8.76. The van der Waals surface area contributed by atoms with Crippen LogP contribution in [-0.4, -0.2) is 14.8 Å². The van der Waals surface area contributed by atoms with Gasteiger partial charge in [0.05, 0.1) is 0 Å². The summed E-state index contributed by atoms with van der Waals surface area (Å²) in [6.45, 7) is 17.9. The van der Waals surface area contributed by atoms with Crippen LogP contribution in [0.4, 0.5) is 0 Å². The summed E-state index contributed by atoms with van der Waals surface area (Å²) in [4.78, 5) is 0. The van der Waals surface area contributed by atoms with Crippen LogP contribution in [0.5, 0.6) is 0 Å². The summed E-state index contributed by atoms with van der Waals surface area (Å²) in [7, 11) is -3.65. The molecule has 0 amide bonds. The largest absolute Gasteiger partial charge is 0.222 e. The van der Waals surface area contributed by atoms with Gasteiger partial charge in [0.2, 0.25) is 7.38 Å². The highest BCUT2D eigenvalue weighted by Crippen LogP contribution is 2.38. The van der Waals surface area contributed by atoms with Crippen LogP contribution in [0.15, 0.2) is 84.9 Å². The zero-order chi connectivity index (χ0) is 25.6. The lowest BCUT2D eigenvalue weighted by Crippen LogP contribution is -2.59. The van der Waals surface area contributed by atoms with Gasteiger partial charge in [0.25, 0.3) is 0 Å². The van der Waals surface area contributed by atoms with Gasteiger partial charge in [0, 0.05) is 0 Å². The van der Waals surface area contributed by atoms with Crippen molar-refractivity contribution in [2.75, 3.05) is 0 Å². The maximum absolute atomic E-state index is 7.21. The van der Waals surface area contributed by atoms with E-state index >= 15 is 0 Å². The van der Waals surface area contributed by atoms with Crippen molar-refractivity contribution in [2.45, 2.75) is 77.6 Å². The number of benzene rings is 3. The highest BCUT2D eigenvalue weighted by atomic mass is 35.6. The first-order valence-electron chi connectivity index (χ1n) is 12.2. The Balaban J connectivity index is 0.000000242. The van der Waals surface area contributed by atoms with E-state index < -0.39 is 14.8 Å². The maximum Gasteiger partial charge on any atom is 0.222 e. The standard InChI is InChI=1S/C16H19ClSi.C14H23ClSi/c1-16(2,3)18(17,14-10-6-4-7-11-14)15-12-8-5-9-13-15;1-14(2,3)13-8-6-12(7-9-13)10-11-16(4,5)15/h4-13H,1-3H3;6-9H,10-11H2,1-5H3. The van der Waals surface area contributed by atoms with Crippen LogP contribution in [-0.2, 0) is 11.8 Å². The molecule has 0 fully saturated rings. The summed E-state index contributed by atoms with van der Waals surface area (Å²) in [6, 6.07) is 31.2. The van der Waals surface area contributed by atoms with Gasteiger partial charge in [-0.3, -0.25) is 0 Å². The second-order valence-corrected chi connectivity index (χ2v) is 24.5. The van der Waals surface area contributed by atoms with E-state index in [1.54, 1.807) is 0 Å². The lowest BCUT2D eigenvalue weighted by atomic mass is 9.86. The smallest absolute Gasteiger partial charge is 0.168 e. The summed E-state index contributed by atoms with van der Waals surface area (Å²) in [5.41, 5.74) is 3.06. The molecule has 0 bridgehead atoms. The molecule has 0 aliphatic heterocycles. The van der Waals surface area contributed by atoms with Crippen LogP contribution in [0, 0.1) is 0 Å². The Bertz CT molecular complexity index is 955. The molecule has 0 aromatic heterocycles. The molecule has 0 saturated heterocycles. The van der Waals surface area contributed by atoms with Gasteiger partial charge < -0.3 is 0 Å². The fraction of sp³-hybridized carbons (Fsp3) is 0.400. The minimum absolute atomic E-state index is 0.0667. The molecule has 0 aliphatic carbocycles. The van der Waals surface area contributed by atoms with Crippen LogP contribution in [0.25, 0.3) is 0 Å². The Morgan fingerprint density at radius 1 is 0.618 bits per heavy atom. The molecule has 4 heteroatoms. The highest BCUT2D eigenvalue weighted by Gasteiger charge is 2.46. The van der Waals surface area contributed by atoms with Crippen molar-refractivity contribution in [3.8, 4) is 0 Å². The Kier molecular flexibility index (Phi) is 9.87. The van der Waals surface area contributed by atoms with Crippen molar-refractivity contribution in [3.05, 3.63) is 96.1 Å². The van der Waals surface area contributed by atoms with E-state index in [2.05, 4.69) is 127 Å². The van der Waals surface area contributed by atoms with Gasteiger partial charge in [-0.25, -0.2) is 0 Å². The fourth-order valence-electron chi connectivity index (χ4n) is 3.98. The van der Waals surface area contributed by atoms with E-state index in [9.17, 15) is 0 Å². The first-order chi connectivity index (χ1) is 15.6. The monoisotopic (exact) mass is 528 g/mol. The Hall–Kier alpha value is -1.33. The molecule has 3 aromatic rings. The van der Waals surface area contributed by atoms with Crippen LogP contribution in [0.3, 0.4) is 0 Å². The van der Waals surface area contributed by atoms with Crippen LogP contribution in [0.2, 0.25) is 24.2 Å². The first kappa shape index (κ1) is 28.9. The van der Waals surface area contributed by atoms with Crippen molar-refractivity contribution < 1.29 is 0 Å². The van der Waals surface area contributed by atoms with Crippen LogP contribution < -0.4 is 10.4 Å². The topological polar surface area (TPSA) is 0 Å². The highest BCUT2D eigenvalue weighted by molar-refractivity contribution is 7.35. The minimum Gasteiger partial charge on any atom is -0.168 e. The number of aryl methyl sites for hydroxylation is 1. The van der Waals surface area contributed by atoms with E-state index in [0.717, 1.165) is 12.5 Å². The summed E-state index contributed by atoms with van der Waals surface area (Å²) in [5, 5.41) is 2.63. The van der Waals surface area contributed by atoms with E-state index in [0.29, 0.717) is 0 Å². The molecule has 3 aromatic carbocycles. The Morgan fingerprint density at radius 2 is 1.03 bits per heavy atom. The zero-order valence-corrected chi connectivity index (χ0v) is 25.8. The van der Waals surface area contributed by atoms with Crippen LogP contribution in [0.1, 0.15) is 52.7 Å². The molecule has 34 heavy (non-hydrogen) atoms. The third kappa shape index (κ3) is 8.12. The van der Waals surface area contributed by atoms with E-state index in [1.165, 1.54) is 21.5 Å². The Labute approximate surface area is 220 Å². The molecule has 3 rings (SSSR count). The predicted molar refractivity (Wildman–Crippen MR) is 160 cm³/mol. The first-order valence-corrected chi connectivity index (χ1v) is 19.5. The molecule has 0 atom stereocenters. The Morgan fingerprint density at radius 3 is 1.35 bits per heavy atom. The average Bonchev–Trinajstić information content (AvgIpc) is 2.77. The SMILES string of the molecule is CC(C)(C)[Si](Cl)(c1ccccc1)c1ccccc1.CC(C)(C)c1ccc(CC[Si](C)(C)Cl)cc1. The molecular formula is C30H42Cl2Si2. The number of hydrogen-bond acceptors (Lipinski definition) is 0. The minimum atomic E-state index is -2.23. The molecule has 0 spiro atoms. The van der Waals surface area contributed by atoms with Crippen LogP contribution >= 0.6 is 22.2 Å². The lowest BCUT2D eigenvalue weighted by molar-refractivity contribution is 0.590. The van der Waals surface area contributed by atoms with Gasteiger partial charge in [0.15, 0.2) is 7.38 Å². The van der Waals surface area contributed by atoms with Crippen molar-refractivity contribution in [3.63, 3.8) is 0 Å². The van der Waals surface area contributed by atoms with E-state index in [4.69, 9.17) is 22.2 Å². The maximum atomic E-state index is 7.21. The zero-order valence-electron chi connectivity index (χ0n) is 22.3. The summed E-state index contributed by atoms with van der Waals surface area (Å²) in [5.74, 6) is 0. The number of halogens is 2. The molecule has 0 N–H and O–H groups in total. The van der Waals surface area contributed by atoms with Crippen molar-refractivity contribution in [1.29, 1.82) is 0 Å². The summed E-state index contributed by atoms with van der Waals surface area (Å²) < 4.78 is 0. The summed E-state index contributed by atoms with van der Waals surface area (Å²) in [6.07, 6.45) is 1.12. The second-order valence-electron chi connectivity index (χ2n) is 11.8. The molecule has 0 aliphatic rings. The lowest BCUT2D eigenvalue weighted by Gasteiger charge is -2.38. The third-order valence-electron chi connectivity index (χ3n) is 6.20. The summed E-state index contributed by atoms with van der Waals surface area (Å²) >= 11 is 13.5. The number of hydrogen-bond donors (Lipinski definition) is 0. The number of rotatable bonds is 5. The van der Waals surface area contributed by atoms with Crippen molar-refractivity contribution in [1.82, 2.24) is 0 Å². The molecule has 0 nitrogen and oxygen atoms in total.